The summed E-state index contributed by atoms with van der Waals surface area (Å²) in [5.74, 6) is 0.822. The van der Waals surface area contributed by atoms with Gasteiger partial charge in [-0.2, -0.15) is 5.10 Å². The zero-order valence-corrected chi connectivity index (χ0v) is 10.8. The number of aromatic nitrogens is 4. The van der Waals surface area contributed by atoms with Crippen molar-refractivity contribution in [2.45, 2.75) is 32.0 Å². The van der Waals surface area contributed by atoms with Gasteiger partial charge in [-0.3, -0.25) is 10.1 Å². The number of rotatable bonds is 4. The predicted molar refractivity (Wildman–Crippen MR) is 70.7 cm³/mol. The minimum absolute atomic E-state index is 0.0489. The Kier molecular flexibility index (Phi) is 3.41. The van der Waals surface area contributed by atoms with E-state index in [1.54, 1.807) is 6.20 Å². The highest BCUT2D eigenvalue weighted by Crippen LogP contribution is 2.30. The van der Waals surface area contributed by atoms with Crippen LogP contribution in [0, 0.1) is 6.92 Å². The summed E-state index contributed by atoms with van der Waals surface area (Å²) in [6.07, 6.45) is 7.44. The molecular formula is C13H17N5O. The molecule has 0 spiro atoms. The van der Waals surface area contributed by atoms with Gasteiger partial charge in [0.15, 0.2) is 5.82 Å². The molecule has 2 N–H and O–H groups in total. The van der Waals surface area contributed by atoms with E-state index in [0.717, 1.165) is 36.5 Å². The molecule has 1 aliphatic heterocycles. The molecule has 2 atom stereocenters. The van der Waals surface area contributed by atoms with Gasteiger partial charge in [0.1, 0.15) is 12.4 Å². The van der Waals surface area contributed by atoms with Gasteiger partial charge in [0.25, 0.3) is 0 Å². The third-order valence-electron chi connectivity index (χ3n) is 3.39. The number of nitrogens with zero attached hydrogens (tertiary/aromatic N) is 3. The number of hydrogen-bond acceptors (Lipinski definition) is 5. The molecule has 100 valence electrons. The van der Waals surface area contributed by atoms with Crippen LogP contribution in [0.4, 0.5) is 5.69 Å². The van der Waals surface area contributed by atoms with Crippen LogP contribution in [0.5, 0.6) is 0 Å². The highest BCUT2D eigenvalue weighted by molar-refractivity contribution is 5.48. The molecule has 0 amide bonds. The quantitative estimate of drug-likeness (QED) is 0.876. The SMILES string of the molecule is Cc1cnccc1NC[C@H]1CC[C@@H](c2ncn[nH]2)O1. The van der Waals surface area contributed by atoms with Crippen molar-refractivity contribution in [3.8, 4) is 0 Å². The lowest BCUT2D eigenvalue weighted by molar-refractivity contribution is 0.0472. The van der Waals surface area contributed by atoms with Crippen molar-refractivity contribution in [1.82, 2.24) is 20.2 Å². The van der Waals surface area contributed by atoms with E-state index in [4.69, 9.17) is 4.74 Å². The van der Waals surface area contributed by atoms with Gasteiger partial charge in [-0.05, 0) is 31.4 Å². The predicted octanol–water partition coefficient (Wildman–Crippen LogP) is 1.84. The van der Waals surface area contributed by atoms with Crippen LogP contribution >= 0.6 is 0 Å². The lowest BCUT2D eigenvalue weighted by Crippen LogP contribution is -2.19. The Hall–Kier alpha value is -1.95. The molecule has 0 radical (unpaired) electrons. The second kappa shape index (κ2) is 5.36. The molecule has 1 aliphatic rings. The Morgan fingerprint density at radius 2 is 2.42 bits per heavy atom. The first-order valence-electron chi connectivity index (χ1n) is 6.48. The lowest BCUT2D eigenvalue weighted by atomic mass is 10.2. The molecule has 2 aromatic heterocycles. The van der Waals surface area contributed by atoms with Crippen molar-refractivity contribution in [1.29, 1.82) is 0 Å². The van der Waals surface area contributed by atoms with Crippen molar-refractivity contribution < 1.29 is 4.74 Å². The number of ether oxygens (including phenoxy) is 1. The molecule has 0 saturated carbocycles. The van der Waals surface area contributed by atoms with Gasteiger partial charge < -0.3 is 10.1 Å². The first-order chi connectivity index (χ1) is 9.33. The van der Waals surface area contributed by atoms with Crippen LogP contribution < -0.4 is 5.32 Å². The van der Waals surface area contributed by atoms with E-state index in [9.17, 15) is 0 Å². The normalized spacial score (nSPS) is 22.6. The highest BCUT2D eigenvalue weighted by Gasteiger charge is 2.28. The Bertz CT molecular complexity index is 528. The second-order valence-corrected chi connectivity index (χ2v) is 4.77. The summed E-state index contributed by atoms with van der Waals surface area (Å²) >= 11 is 0. The second-order valence-electron chi connectivity index (χ2n) is 4.77. The Morgan fingerprint density at radius 1 is 1.47 bits per heavy atom. The average Bonchev–Trinajstić information content (AvgIpc) is 3.09. The van der Waals surface area contributed by atoms with E-state index in [0.29, 0.717) is 0 Å². The maximum absolute atomic E-state index is 5.96. The lowest BCUT2D eigenvalue weighted by Gasteiger charge is -2.14. The van der Waals surface area contributed by atoms with Crippen molar-refractivity contribution in [3.05, 3.63) is 36.2 Å². The monoisotopic (exact) mass is 259 g/mol. The molecule has 19 heavy (non-hydrogen) atoms. The first-order valence-corrected chi connectivity index (χ1v) is 6.48. The van der Waals surface area contributed by atoms with Gasteiger partial charge in [0.2, 0.25) is 0 Å². The third-order valence-corrected chi connectivity index (χ3v) is 3.39. The van der Waals surface area contributed by atoms with Gasteiger partial charge in [-0.15, -0.1) is 0 Å². The van der Waals surface area contributed by atoms with Gasteiger partial charge in [0.05, 0.1) is 6.10 Å². The minimum Gasteiger partial charge on any atom is -0.382 e. The standard InChI is InChI=1S/C13H17N5O/c1-9-6-14-5-4-11(9)15-7-10-2-3-12(19-10)13-16-8-17-18-13/h4-6,8,10,12H,2-3,7H2,1H3,(H,14,15)(H,16,17,18)/t10-,12+/m1/s1. The summed E-state index contributed by atoms with van der Waals surface area (Å²) in [7, 11) is 0. The highest BCUT2D eigenvalue weighted by atomic mass is 16.5. The van der Waals surface area contributed by atoms with Crippen LogP contribution in [0.15, 0.2) is 24.8 Å². The molecule has 1 saturated heterocycles. The van der Waals surface area contributed by atoms with E-state index in [1.165, 1.54) is 6.33 Å². The Balaban J connectivity index is 1.54. The topological polar surface area (TPSA) is 75.7 Å². The van der Waals surface area contributed by atoms with E-state index in [1.807, 2.05) is 19.2 Å². The number of aryl methyl sites for hydroxylation is 1. The third kappa shape index (κ3) is 2.73. The summed E-state index contributed by atoms with van der Waals surface area (Å²) in [6, 6.07) is 1.98. The summed E-state index contributed by atoms with van der Waals surface area (Å²) in [4.78, 5) is 8.22. The Labute approximate surface area is 111 Å². The van der Waals surface area contributed by atoms with Crippen molar-refractivity contribution >= 4 is 5.69 Å². The number of anilines is 1. The van der Waals surface area contributed by atoms with Crippen molar-refractivity contribution in [2.75, 3.05) is 11.9 Å². The molecule has 0 bridgehead atoms. The van der Waals surface area contributed by atoms with E-state index >= 15 is 0 Å². The van der Waals surface area contributed by atoms with Crippen LogP contribution in [0.1, 0.15) is 30.3 Å². The fourth-order valence-corrected chi connectivity index (χ4v) is 2.32. The first kappa shape index (κ1) is 12.1. The molecule has 2 aromatic rings. The summed E-state index contributed by atoms with van der Waals surface area (Å²) in [5, 5.41) is 10.1. The smallest absolute Gasteiger partial charge is 0.153 e. The van der Waals surface area contributed by atoms with Crippen molar-refractivity contribution in [3.63, 3.8) is 0 Å². The van der Waals surface area contributed by atoms with Crippen LogP contribution in [-0.4, -0.2) is 32.8 Å². The van der Waals surface area contributed by atoms with E-state index in [2.05, 4.69) is 25.5 Å². The molecule has 0 unspecified atom stereocenters. The average molecular weight is 259 g/mol. The Morgan fingerprint density at radius 3 is 3.21 bits per heavy atom. The maximum atomic E-state index is 5.96. The molecule has 3 rings (SSSR count). The molecule has 6 nitrogen and oxygen atoms in total. The van der Waals surface area contributed by atoms with Gasteiger partial charge in [-0.25, -0.2) is 4.98 Å². The molecule has 0 aliphatic carbocycles. The van der Waals surface area contributed by atoms with Crippen molar-refractivity contribution in [2.24, 2.45) is 0 Å². The largest absolute Gasteiger partial charge is 0.382 e. The molecule has 3 heterocycles. The number of hydrogen-bond donors (Lipinski definition) is 2. The minimum atomic E-state index is 0.0489. The van der Waals surface area contributed by atoms with Crippen LogP contribution in [-0.2, 0) is 4.74 Å². The number of pyridine rings is 1. The summed E-state index contributed by atoms with van der Waals surface area (Å²) in [6.45, 7) is 2.84. The van der Waals surface area contributed by atoms with E-state index in [-0.39, 0.29) is 12.2 Å². The van der Waals surface area contributed by atoms with Crippen LogP contribution in [0.3, 0.4) is 0 Å². The molecular weight excluding hydrogens is 242 g/mol. The van der Waals surface area contributed by atoms with Gasteiger partial charge in [0, 0.05) is 24.6 Å². The van der Waals surface area contributed by atoms with Gasteiger partial charge in [-0.1, -0.05) is 0 Å². The maximum Gasteiger partial charge on any atom is 0.153 e. The molecule has 1 fully saturated rings. The van der Waals surface area contributed by atoms with E-state index < -0.39 is 0 Å². The van der Waals surface area contributed by atoms with Crippen LogP contribution in [0.25, 0.3) is 0 Å². The number of aromatic amines is 1. The zero-order chi connectivity index (χ0) is 13.1. The molecule has 6 heteroatoms. The van der Waals surface area contributed by atoms with Gasteiger partial charge >= 0.3 is 0 Å². The fourth-order valence-electron chi connectivity index (χ4n) is 2.32. The van der Waals surface area contributed by atoms with Crippen LogP contribution in [0.2, 0.25) is 0 Å². The summed E-state index contributed by atoms with van der Waals surface area (Å²) < 4.78 is 5.96. The fraction of sp³-hybridized carbons (Fsp3) is 0.462. The number of H-pyrrole nitrogens is 1. The number of nitrogens with one attached hydrogen (secondary N) is 2. The molecule has 0 aromatic carbocycles. The summed E-state index contributed by atoms with van der Waals surface area (Å²) in [5.41, 5.74) is 2.26. The zero-order valence-electron chi connectivity index (χ0n) is 10.8.